The van der Waals surface area contributed by atoms with Gasteiger partial charge in [0.25, 0.3) is 0 Å². The first-order chi connectivity index (χ1) is 7.68. The number of hydrogen-bond donors (Lipinski definition) is 1. The van der Waals surface area contributed by atoms with Crippen LogP contribution in [0.1, 0.15) is 24.1 Å². The zero-order chi connectivity index (χ0) is 11.5. The quantitative estimate of drug-likeness (QED) is 0.909. The number of rotatable bonds is 3. The molecular formula is C12H13BrN2S. The number of aromatic nitrogens is 1. The molecule has 2 aromatic heterocycles. The van der Waals surface area contributed by atoms with Gasteiger partial charge in [0.2, 0.25) is 0 Å². The molecule has 0 aliphatic carbocycles. The van der Waals surface area contributed by atoms with Gasteiger partial charge in [0.1, 0.15) is 5.82 Å². The Morgan fingerprint density at radius 3 is 2.94 bits per heavy atom. The van der Waals surface area contributed by atoms with Gasteiger partial charge in [-0.3, -0.25) is 0 Å². The summed E-state index contributed by atoms with van der Waals surface area (Å²) in [6, 6.07) is 4.40. The molecular weight excluding hydrogens is 284 g/mol. The lowest BCUT2D eigenvalue weighted by atomic mass is 10.2. The number of thiophene rings is 1. The van der Waals surface area contributed by atoms with Crippen LogP contribution in [0.5, 0.6) is 0 Å². The van der Waals surface area contributed by atoms with E-state index in [0.29, 0.717) is 0 Å². The van der Waals surface area contributed by atoms with Gasteiger partial charge < -0.3 is 5.32 Å². The Hall–Kier alpha value is -0.870. The fourth-order valence-corrected chi connectivity index (χ4v) is 2.55. The Balaban J connectivity index is 2.18. The van der Waals surface area contributed by atoms with Crippen LogP contribution in [0, 0.1) is 6.92 Å². The van der Waals surface area contributed by atoms with Crippen molar-refractivity contribution in [3.8, 4) is 0 Å². The summed E-state index contributed by atoms with van der Waals surface area (Å²) < 4.78 is 1.04. The maximum absolute atomic E-state index is 4.33. The summed E-state index contributed by atoms with van der Waals surface area (Å²) in [6.45, 7) is 4.20. The van der Waals surface area contributed by atoms with E-state index in [-0.39, 0.29) is 6.04 Å². The van der Waals surface area contributed by atoms with Crippen molar-refractivity contribution in [3.05, 3.63) is 44.7 Å². The molecule has 1 N–H and O–H groups in total. The molecule has 0 aromatic carbocycles. The Bertz CT molecular complexity index is 468. The number of pyridine rings is 1. The zero-order valence-electron chi connectivity index (χ0n) is 9.20. The van der Waals surface area contributed by atoms with E-state index in [2.05, 4.69) is 56.9 Å². The minimum atomic E-state index is 0.275. The van der Waals surface area contributed by atoms with Crippen molar-refractivity contribution in [2.24, 2.45) is 0 Å². The van der Waals surface area contributed by atoms with Gasteiger partial charge >= 0.3 is 0 Å². The van der Waals surface area contributed by atoms with Crippen LogP contribution >= 0.6 is 27.3 Å². The highest BCUT2D eigenvalue weighted by atomic mass is 79.9. The zero-order valence-corrected chi connectivity index (χ0v) is 11.6. The van der Waals surface area contributed by atoms with Crippen LogP contribution in [0.3, 0.4) is 0 Å². The third-order valence-corrected chi connectivity index (χ3v) is 4.18. The summed E-state index contributed by atoms with van der Waals surface area (Å²) in [5.41, 5.74) is 2.48. The number of aryl methyl sites for hydroxylation is 1. The second kappa shape index (κ2) is 4.97. The molecule has 16 heavy (non-hydrogen) atoms. The molecule has 84 valence electrons. The SMILES string of the molecule is Cc1ccnc(NC(C)c2ccsc2)c1Br. The third kappa shape index (κ3) is 2.44. The van der Waals surface area contributed by atoms with Gasteiger partial charge in [-0.2, -0.15) is 11.3 Å². The van der Waals surface area contributed by atoms with Gasteiger partial charge in [-0.1, -0.05) is 0 Å². The predicted molar refractivity (Wildman–Crippen MR) is 73.0 cm³/mol. The first kappa shape index (κ1) is 11.6. The molecule has 0 aliphatic rings. The highest BCUT2D eigenvalue weighted by molar-refractivity contribution is 9.10. The van der Waals surface area contributed by atoms with Gasteiger partial charge in [0, 0.05) is 6.20 Å². The largest absolute Gasteiger partial charge is 0.363 e. The summed E-state index contributed by atoms with van der Waals surface area (Å²) in [6.07, 6.45) is 1.82. The van der Waals surface area contributed by atoms with E-state index < -0.39 is 0 Å². The van der Waals surface area contributed by atoms with Crippen molar-refractivity contribution < 1.29 is 0 Å². The number of anilines is 1. The van der Waals surface area contributed by atoms with Crippen molar-refractivity contribution in [2.45, 2.75) is 19.9 Å². The maximum atomic E-state index is 4.33. The first-order valence-corrected chi connectivity index (χ1v) is 6.82. The average molecular weight is 297 g/mol. The average Bonchev–Trinajstić information content (AvgIpc) is 2.78. The molecule has 0 saturated heterocycles. The van der Waals surface area contributed by atoms with E-state index in [1.807, 2.05) is 12.3 Å². The molecule has 0 saturated carbocycles. The lowest BCUT2D eigenvalue weighted by molar-refractivity contribution is 0.877. The van der Waals surface area contributed by atoms with Gasteiger partial charge in [0.15, 0.2) is 0 Å². The summed E-state index contributed by atoms with van der Waals surface area (Å²) >= 11 is 5.26. The molecule has 1 atom stereocenters. The van der Waals surface area contributed by atoms with Crippen LogP contribution in [0.15, 0.2) is 33.6 Å². The smallest absolute Gasteiger partial charge is 0.141 e. The standard InChI is InChI=1S/C12H13BrN2S/c1-8-3-5-14-12(11(8)13)15-9(2)10-4-6-16-7-10/h3-7,9H,1-2H3,(H,14,15). The van der Waals surface area contributed by atoms with Crippen molar-refractivity contribution in [3.63, 3.8) is 0 Å². The van der Waals surface area contributed by atoms with Crippen LogP contribution in [-0.2, 0) is 0 Å². The lowest BCUT2D eigenvalue weighted by Crippen LogP contribution is -2.07. The number of hydrogen-bond acceptors (Lipinski definition) is 3. The Morgan fingerprint density at radius 1 is 1.44 bits per heavy atom. The topological polar surface area (TPSA) is 24.9 Å². The summed E-state index contributed by atoms with van der Waals surface area (Å²) in [5, 5.41) is 7.65. The third-order valence-electron chi connectivity index (χ3n) is 2.48. The lowest BCUT2D eigenvalue weighted by Gasteiger charge is -2.15. The fraction of sp³-hybridized carbons (Fsp3) is 0.250. The highest BCUT2D eigenvalue weighted by Gasteiger charge is 2.09. The number of nitrogens with one attached hydrogen (secondary N) is 1. The summed E-state index contributed by atoms with van der Waals surface area (Å²) in [5.74, 6) is 0.902. The van der Waals surface area contributed by atoms with E-state index in [1.165, 1.54) is 11.1 Å². The Morgan fingerprint density at radius 2 is 2.25 bits per heavy atom. The predicted octanol–water partition coefficient (Wildman–Crippen LogP) is 4.39. The molecule has 0 radical (unpaired) electrons. The van der Waals surface area contributed by atoms with Crippen molar-refractivity contribution >= 4 is 33.1 Å². The Labute approximate surface area is 108 Å². The molecule has 0 fully saturated rings. The normalized spacial score (nSPS) is 12.4. The van der Waals surface area contributed by atoms with E-state index in [0.717, 1.165) is 10.3 Å². The van der Waals surface area contributed by atoms with E-state index >= 15 is 0 Å². The molecule has 2 heterocycles. The molecule has 0 spiro atoms. The molecule has 1 unspecified atom stereocenters. The number of nitrogens with zero attached hydrogens (tertiary/aromatic N) is 1. The van der Waals surface area contributed by atoms with E-state index in [4.69, 9.17) is 0 Å². The maximum Gasteiger partial charge on any atom is 0.141 e. The molecule has 2 nitrogen and oxygen atoms in total. The van der Waals surface area contributed by atoms with Gasteiger partial charge in [-0.05, 0) is 63.8 Å². The monoisotopic (exact) mass is 296 g/mol. The second-order valence-electron chi connectivity index (χ2n) is 3.71. The van der Waals surface area contributed by atoms with Gasteiger partial charge in [0.05, 0.1) is 10.5 Å². The molecule has 4 heteroatoms. The van der Waals surface area contributed by atoms with Gasteiger partial charge in [-0.15, -0.1) is 0 Å². The van der Waals surface area contributed by atoms with Crippen LogP contribution in [0.25, 0.3) is 0 Å². The van der Waals surface area contributed by atoms with Crippen LogP contribution in [0.2, 0.25) is 0 Å². The van der Waals surface area contributed by atoms with Crippen LogP contribution in [0.4, 0.5) is 5.82 Å². The second-order valence-corrected chi connectivity index (χ2v) is 5.29. The van der Waals surface area contributed by atoms with Crippen molar-refractivity contribution in [1.29, 1.82) is 0 Å². The number of halogens is 1. The molecule has 0 amide bonds. The van der Waals surface area contributed by atoms with E-state index in [9.17, 15) is 0 Å². The molecule has 0 aliphatic heterocycles. The van der Waals surface area contributed by atoms with Crippen LogP contribution < -0.4 is 5.32 Å². The van der Waals surface area contributed by atoms with Crippen molar-refractivity contribution in [2.75, 3.05) is 5.32 Å². The Kier molecular flexibility index (Phi) is 3.61. The van der Waals surface area contributed by atoms with Crippen LogP contribution in [-0.4, -0.2) is 4.98 Å². The minimum Gasteiger partial charge on any atom is -0.363 e. The summed E-state index contributed by atoms with van der Waals surface area (Å²) in [4.78, 5) is 4.33. The molecule has 2 aromatic rings. The molecule has 0 bridgehead atoms. The first-order valence-electron chi connectivity index (χ1n) is 5.08. The van der Waals surface area contributed by atoms with E-state index in [1.54, 1.807) is 11.3 Å². The van der Waals surface area contributed by atoms with Gasteiger partial charge in [-0.25, -0.2) is 4.98 Å². The van der Waals surface area contributed by atoms with Crippen molar-refractivity contribution in [1.82, 2.24) is 4.98 Å². The minimum absolute atomic E-state index is 0.275. The highest BCUT2D eigenvalue weighted by Crippen LogP contribution is 2.27. The molecule has 2 rings (SSSR count). The summed E-state index contributed by atoms with van der Waals surface area (Å²) in [7, 11) is 0. The fourth-order valence-electron chi connectivity index (χ4n) is 1.45.